The summed E-state index contributed by atoms with van der Waals surface area (Å²) < 4.78 is 9.24. The summed E-state index contributed by atoms with van der Waals surface area (Å²) in [6.07, 6.45) is 1.25. The number of carbonyl (C=O) groups excluding carboxylic acids is 1. The highest BCUT2D eigenvalue weighted by molar-refractivity contribution is 5.96. The zero-order chi connectivity index (χ0) is 13.0. The molecule has 0 amide bonds. The summed E-state index contributed by atoms with van der Waals surface area (Å²) in [5, 5.41) is 6.70. The Hall–Kier alpha value is -2.57. The van der Waals surface area contributed by atoms with Crippen LogP contribution in [0.4, 0.5) is 11.4 Å². The molecule has 0 saturated carbocycles. The van der Waals surface area contributed by atoms with Crippen LogP contribution in [0.15, 0.2) is 29.1 Å². The molecule has 0 aliphatic rings. The third-order valence-corrected chi connectivity index (χ3v) is 2.32. The highest BCUT2D eigenvalue weighted by Gasteiger charge is 2.10. The fourth-order valence-electron chi connectivity index (χ4n) is 1.40. The number of nitrogen functional groups attached to an aromatic ring is 1. The standard InChI is InChI=1S/C11H12N4O3/c1-17-11(16)8-4-7(2-3-9(8)12)13-5-10-14-6-18-15-10/h2-4,6,13H,5,12H2,1H3. The van der Waals surface area contributed by atoms with E-state index in [9.17, 15) is 4.79 Å². The van der Waals surface area contributed by atoms with E-state index in [-0.39, 0.29) is 0 Å². The van der Waals surface area contributed by atoms with Crippen molar-refractivity contribution in [2.75, 3.05) is 18.2 Å². The van der Waals surface area contributed by atoms with Gasteiger partial charge in [0.15, 0.2) is 5.82 Å². The van der Waals surface area contributed by atoms with Crippen LogP contribution < -0.4 is 11.1 Å². The van der Waals surface area contributed by atoms with Crippen LogP contribution >= 0.6 is 0 Å². The number of anilines is 2. The van der Waals surface area contributed by atoms with Crippen LogP contribution in [0.25, 0.3) is 0 Å². The third kappa shape index (κ3) is 2.57. The van der Waals surface area contributed by atoms with E-state index in [1.165, 1.54) is 13.5 Å². The third-order valence-electron chi connectivity index (χ3n) is 2.32. The summed E-state index contributed by atoms with van der Waals surface area (Å²) in [5.74, 6) is 0.0437. The van der Waals surface area contributed by atoms with Crippen molar-refractivity contribution in [3.8, 4) is 0 Å². The predicted molar refractivity (Wildman–Crippen MR) is 63.8 cm³/mol. The van der Waals surface area contributed by atoms with Gasteiger partial charge in [0.25, 0.3) is 0 Å². The van der Waals surface area contributed by atoms with E-state index in [1.807, 2.05) is 0 Å². The van der Waals surface area contributed by atoms with Gasteiger partial charge in [0.1, 0.15) is 0 Å². The van der Waals surface area contributed by atoms with Crippen LogP contribution in [0.5, 0.6) is 0 Å². The summed E-state index contributed by atoms with van der Waals surface area (Å²) in [6, 6.07) is 4.99. The monoisotopic (exact) mass is 248 g/mol. The molecule has 3 N–H and O–H groups in total. The Morgan fingerprint density at radius 1 is 1.56 bits per heavy atom. The largest absolute Gasteiger partial charge is 0.465 e. The highest BCUT2D eigenvalue weighted by atomic mass is 16.5. The van der Waals surface area contributed by atoms with Gasteiger partial charge >= 0.3 is 5.97 Å². The van der Waals surface area contributed by atoms with Crippen molar-refractivity contribution >= 4 is 17.3 Å². The van der Waals surface area contributed by atoms with E-state index in [0.717, 1.165) is 5.69 Å². The van der Waals surface area contributed by atoms with Crippen LogP contribution in [0.1, 0.15) is 16.2 Å². The fraction of sp³-hybridized carbons (Fsp3) is 0.182. The van der Waals surface area contributed by atoms with Crippen LogP contribution in [-0.4, -0.2) is 23.2 Å². The average molecular weight is 248 g/mol. The molecule has 0 unspecified atom stereocenters. The topological polar surface area (TPSA) is 103 Å². The van der Waals surface area contributed by atoms with Crippen molar-refractivity contribution < 1.29 is 14.1 Å². The van der Waals surface area contributed by atoms with Gasteiger partial charge in [-0.1, -0.05) is 5.16 Å². The minimum Gasteiger partial charge on any atom is -0.465 e. The van der Waals surface area contributed by atoms with E-state index in [2.05, 4.69) is 24.7 Å². The van der Waals surface area contributed by atoms with Gasteiger partial charge in [-0.3, -0.25) is 0 Å². The number of methoxy groups -OCH3 is 1. The zero-order valence-electron chi connectivity index (χ0n) is 9.71. The summed E-state index contributed by atoms with van der Waals surface area (Å²) in [4.78, 5) is 15.3. The van der Waals surface area contributed by atoms with Crippen molar-refractivity contribution in [2.45, 2.75) is 6.54 Å². The number of hydrogen-bond donors (Lipinski definition) is 2. The minimum absolute atomic E-state index is 0.315. The van der Waals surface area contributed by atoms with E-state index in [4.69, 9.17) is 5.73 Å². The van der Waals surface area contributed by atoms with Gasteiger partial charge in [0.2, 0.25) is 6.39 Å². The maximum absolute atomic E-state index is 11.4. The number of rotatable bonds is 4. The van der Waals surface area contributed by atoms with Gasteiger partial charge in [0, 0.05) is 11.4 Å². The van der Waals surface area contributed by atoms with Crippen molar-refractivity contribution in [3.63, 3.8) is 0 Å². The molecular formula is C11H12N4O3. The molecule has 0 saturated heterocycles. The number of hydrogen-bond acceptors (Lipinski definition) is 7. The smallest absolute Gasteiger partial charge is 0.340 e. The summed E-state index contributed by atoms with van der Waals surface area (Å²) in [7, 11) is 1.31. The summed E-state index contributed by atoms with van der Waals surface area (Å²) in [5.41, 5.74) is 7.09. The van der Waals surface area contributed by atoms with Crippen molar-refractivity contribution in [2.24, 2.45) is 0 Å². The molecule has 2 aromatic rings. The first-order chi connectivity index (χ1) is 8.70. The first-order valence-electron chi connectivity index (χ1n) is 5.17. The number of nitrogens with one attached hydrogen (secondary N) is 1. The SMILES string of the molecule is COC(=O)c1cc(NCc2ncon2)ccc1N. The molecule has 7 nitrogen and oxygen atoms in total. The molecule has 0 aliphatic heterocycles. The summed E-state index contributed by atoms with van der Waals surface area (Å²) in [6.45, 7) is 0.390. The lowest BCUT2D eigenvalue weighted by Gasteiger charge is -2.08. The van der Waals surface area contributed by atoms with E-state index in [0.29, 0.717) is 23.6 Å². The average Bonchev–Trinajstić information content (AvgIpc) is 2.90. The molecule has 0 fully saturated rings. The molecule has 0 radical (unpaired) electrons. The maximum Gasteiger partial charge on any atom is 0.340 e. The molecule has 18 heavy (non-hydrogen) atoms. The number of carbonyl (C=O) groups is 1. The number of nitrogens with two attached hydrogens (primary N) is 1. The quantitative estimate of drug-likeness (QED) is 0.615. The van der Waals surface area contributed by atoms with Crippen molar-refractivity contribution in [1.29, 1.82) is 0 Å². The normalized spacial score (nSPS) is 10.1. The molecule has 0 spiro atoms. The van der Waals surface area contributed by atoms with Gasteiger partial charge in [-0.25, -0.2) is 4.79 Å². The second-order valence-corrected chi connectivity index (χ2v) is 3.49. The molecule has 0 atom stereocenters. The molecule has 1 heterocycles. The highest BCUT2D eigenvalue weighted by Crippen LogP contribution is 2.19. The fourth-order valence-corrected chi connectivity index (χ4v) is 1.40. The Morgan fingerprint density at radius 2 is 2.39 bits per heavy atom. The predicted octanol–water partition coefficient (Wildman–Crippen LogP) is 1.05. The molecule has 1 aromatic carbocycles. The molecular weight excluding hydrogens is 236 g/mol. The molecule has 0 aliphatic carbocycles. The van der Waals surface area contributed by atoms with Gasteiger partial charge in [-0.2, -0.15) is 4.98 Å². The number of esters is 1. The zero-order valence-corrected chi connectivity index (χ0v) is 9.71. The Kier molecular flexibility index (Phi) is 3.42. The van der Waals surface area contributed by atoms with Gasteiger partial charge in [-0.15, -0.1) is 0 Å². The number of benzene rings is 1. The van der Waals surface area contributed by atoms with Crippen LogP contribution in [0.3, 0.4) is 0 Å². The molecule has 1 aromatic heterocycles. The second-order valence-electron chi connectivity index (χ2n) is 3.49. The lowest BCUT2D eigenvalue weighted by atomic mass is 10.1. The first kappa shape index (κ1) is 11.9. The van der Waals surface area contributed by atoms with E-state index < -0.39 is 5.97 Å². The Bertz CT molecular complexity index is 539. The molecule has 7 heteroatoms. The Morgan fingerprint density at radius 3 is 3.06 bits per heavy atom. The van der Waals surface area contributed by atoms with Crippen molar-refractivity contribution in [1.82, 2.24) is 10.1 Å². The second kappa shape index (κ2) is 5.17. The van der Waals surface area contributed by atoms with Gasteiger partial charge in [-0.05, 0) is 18.2 Å². The van der Waals surface area contributed by atoms with Crippen LogP contribution in [0, 0.1) is 0 Å². The lowest BCUT2D eigenvalue weighted by molar-refractivity contribution is 0.0602. The van der Waals surface area contributed by atoms with E-state index in [1.54, 1.807) is 18.2 Å². The first-order valence-corrected chi connectivity index (χ1v) is 5.17. The van der Waals surface area contributed by atoms with E-state index >= 15 is 0 Å². The number of aromatic nitrogens is 2. The van der Waals surface area contributed by atoms with Crippen molar-refractivity contribution in [3.05, 3.63) is 36.0 Å². The van der Waals surface area contributed by atoms with Gasteiger partial charge < -0.3 is 20.3 Å². The molecule has 0 bridgehead atoms. The molecule has 2 rings (SSSR count). The van der Waals surface area contributed by atoms with Crippen LogP contribution in [0.2, 0.25) is 0 Å². The number of nitrogens with zero attached hydrogens (tertiary/aromatic N) is 2. The van der Waals surface area contributed by atoms with Crippen LogP contribution in [-0.2, 0) is 11.3 Å². The lowest BCUT2D eigenvalue weighted by Crippen LogP contribution is -2.07. The Labute approximate surface area is 103 Å². The summed E-state index contributed by atoms with van der Waals surface area (Å²) >= 11 is 0. The minimum atomic E-state index is -0.476. The maximum atomic E-state index is 11.4. The molecule has 94 valence electrons. The Balaban J connectivity index is 2.12. The number of ether oxygens (including phenoxy) is 1. The van der Waals surface area contributed by atoms with Gasteiger partial charge in [0.05, 0.1) is 19.2 Å².